The fraction of sp³-hybridized carbons (Fsp3) is 0.229. The third-order valence-electron chi connectivity index (χ3n) is 7.89. The maximum atomic E-state index is 13.7. The molecular weight excluding hydrogens is 602 g/mol. The van der Waals surface area contributed by atoms with Crippen molar-refractivity contribution in [2.24, 2.45) is 15.9 Å². The third kappa shape index (κ3) is 8.45. The minimum absolute atomic E-state index is 0.0381. The Hall–Kier alpha value is -4.84. The number of primary sulfonamides is 1. The summed E-state index contributed by atoms with van der Waals surface area (Å²) in [5.41, 5.74) is 10.2. The molecule has 4 aromatic carbocycles. The molecule has 10 nitrogen and oxygen atoms in total. The number of nitrogens with zero attached hydrogens (tertiary/aromatic N) is 3. The van der Waals surface area contributed by atoms with Crippen LogP contribution in [0.25, 0.3) is 11.1 Å². The average Bonchev–Trinajstić information content (AvgIpc) is 3.05. The van der Waals surface area contributed by atoms with Crippen molar-refractivity contribution in [1.82, 2.24) is 4.90 Å². The van der Waals surface area contributed by atoms with Crippen LogP contribution in [-0.4, -0.2) is 57.4 Å². The molecule has 1 saturated heterocycles. The first-order valence-electron chi connectivity index (χ1n) is 15.0. The Morgan fingerprint density at radius 2 is 1.57 bits per heavy atom. The largest absolute Gasteiger partial charge is 0.444 e. The molecule has 46 heavy (non-hydrogen) atoms. The maximum absolute atomic E-state index is 13.7. The van der Waals surface area contributed by atoms with Gasteiger partial charge in [-0.3, -0.25) is 4.79 Å². The average molecular weight is 640 g/mol. The third-order valence-corrected chi connectivity index (χ3v) is 8.86. The first kappa shape index (κ1) is 32.6. The van der Waals surface area contributed by atoms with Gasteiger partial charge in [-0.05, 0) is 60.8 Å². The molecule has 1 fully saturated rings. The Bertz CT molecular complexity index is 1820. The summed E-state index contributed by atoms with van der Waals surface area (Å²) in [5.74, 6) is -0.0981. The highest BCUT2D eigenvalue weighted by Gasteiger charge is 2.21. The Balaban J connectivity index is 1.31. The second-order valence-corrected chi connectivity index (χ2v) is 12.8. The minimum atomic E-state index is -3.91. The van der Waals surface area contributed by atoms with Crippen LogP contribution in [0.4, 0.5) is 10.5 Å². The number of nitrogens with two attached hydrogens (primary N) is 2. The normalized spacial score (nSPS) is 14.5. The van der Waals surface area contributed by atoms with Crippen LogP contribution in [0.15, 0.2) is 113 Å². The molecule has 0 aromatic heterocycles. The van der Waals surface area contributed by atoms with Crippen LogP contribution in [0.5, 0.6) is 0 Å². The van der Waals surface area contributed by atoms with Crippen molar-refractivity contribution in [3.05, 3.63) is 120 Å². The number of likely N-dealkylation sites (tertiary alicyclic amines) is 1. The second-order valence-electron chi connectivity index (χ2n) is 11.3. The van der Waals surface area contributed by atoms with Gasteiger partial charge in [0.15, 0.2) is 0 Å². The van der Waals surface area contributed by atoms with Crippen LogP contribution in [0, 0.1) is 0 Å². The van der Waals surface area contributed by atoms with Crippen LogP contribution in [0.1, 0.15) is 29.5 Å². The number of anilines is 1. The summed E-state index contributed by atoms with van der Waals surface area (Å²) in [4.78, 5) is 34.1. The van der Waals surface area contributed by atoms with E-state index in [-0.39, 0.29) is 35.7 Å². The first-order chi connectivity index (χ1) is 22.1. The quantitative estimate of drug-likeness (QED) is 0.199. The summed E-state index contributed by atoms with van der Waals surface area (Å²) in [6.07, 6.45) is 0.738. The second kappa shape index (κ2) is 14.5. The van der Waals surface area contributed by atoms with Gasteiger partial charge in [-0.1, -0.05) is 78.9 Å². The number of amidine groups is 1. The topological polar surface area (TPSA) is 148 Å². The van der Waals surface area contributed by atoms with Gasteiger partial charge < -0.3 is 20.3 Å². The molecule has 1 aliphatic rings. The number of para-hydroxylation sites is 1. The number of ether oxygens (including phenoxy) is 1. The van der Waals surface area contributed by atoms with E-state index >= 15 is 0 Å². The van der Waals surface area contributed by atoms with E-state index in [9.17, 15) is 18.0 Å². The predicted octanol–water partition coefficient (Wildman–Crippen LogP) is 4.71. The van der Waals surface area contributed by atoms with Crippen molar-refractivity contribution >= 4 is 33.5 Å². The Morgan fingerprint density at radius 3 is 2.26 bits per heavy atom. The van der Waals surface area contributed by atoms with E-state index in [0.29, 0.717) is 16.7 Å². The number of amides is 2. The highest BCUT2D eigenvalue weighted by Crippen LogP contribution is 2.27. The molecule has 4 N–H and O–H groups in total. The lowest BCUT2D eigenvalue weighted by Gasteiger charge is -2.27. The zero-order valence-corrected chi connectivity index (χ0v) is 26.4. The fourth-order valence-corrected chi connectivity index (χ4v) is 6.16. The lowest BCUT2D eigenvalue weighted by molar-refractivity contribution is -0.118. The van der Waals surface area contributed by atoms with Crippen LogP contribution >= 0.6 is 0 Å². The number of aliphatic imine (C=N–C) groups is 1. The van der Waals surface area contributed by atoms with Crippen LogP contribution < -0.4 is 15.8 Å². The van der Waals surface area contributed by atoms with E-state index in [1.54, 1.807) is 59.5 Å². The van der Waals surface area contributed by atoms with Crippen LogP contribution in [0.3, 0.4) is 0 Å². The van der Waals surface area contributed by atoms with Crippen LogP contribution in [0.2, 0.25) is 0 Å². The van der Waals surface area contributed by atoms with Crippen molar-refractivity contribution < 1.29 is 22.7 Å². The van der Waals surface area contributed by atoms with E-state index in [4.69, 9.17) is 15.6 Å². The fourth-order valence-electron chi connectivity index (χ4n) is 5.40. The smallest absolute Gasteiger partial charge is 0.435 e. The summed E-state index contributed by atoms with van der Waals surface area (Å²) in [5, 5.41) is 5.41. The molecule has 1 aliphatic heterocycles. The number of benzene rings is 4. The van der Waals surface area contributed by atoms with E-state index in [1.165, 1.54) is 6.07 Å². The summed E-state index contributed by atoms with van der Waals surface area (Å²) in [6.45, 7) is 1.97. The minimum Gasteiger partial charge on any atom is -0.444 e. The monoisotopic (exact) mass is 639 g/mol. The number of hydrogen-bond donors (Lipinski definition) is 2. The Labute approximate surface area is 269 Å². The van der Waals surface area contributed by atoms with Crippen molar-refractivity contribution in [3.8, 4) is 11.1 Å². The zero-order valence-electron chi connectivity index (χ0n) is 25.6. The van der Waals surface area contributed by atoms with Crippen molar-refractivity contribution in [3.63, 3.8) is 0 Å². The SMILES string of the molecule is CN1CCC(OC(=O)N=C(N)c2cccc(CN(C(=O)Cc3ccc(-c4ccccc4S(N)(=O)=O)cc3)c3ccccc3)c2)CC1. The van der Waals surface area contributed by atoms with E-state index in [0.717, 1.165) is 42.7 Å². The molecule has 5 rings (SSSR count). The van der Waals surface area contributed by atoms with Gasteiger partial charge in [-0.25, -0.2) is 18.4 Å². The maximum Gasteiger partial charge on any atom is 0.435 e. The van der Waals surface area contributed by atoms with Gasteiger partial charge in [0.05, 0.1) is 17.9 Å². The lowest BCUT2D eigenvalue weighted by Crippen LogP contribution is -2.35. The van der Waals surface area contributed by atoms with Gasteiger partial charge in [0.25, 0.3) is 0 Å². The van der Waals surface area contributed by atoms with Crippen molar-refractivity contribution in [1.29, 1.82) is 0 Å². The summed E-state index contributed by atoms with van der Waals surface area (Å²) >= 11 is 0. The summed E-state index contributed by atoms with van der Waals surface area (Å²) in [7, 11) is -1.87. The number of hydrogen-bond acceptors (Lipinski definition) is 6. The molecule has 1 heterocycles. The molecule has 0 aliphatic carbocycles. The zero-order chi connectivity index (χ0) is 32.7. The molecular formula is C35H37N5O5S. The van der Waals surface area contributed by atoms with Gasteiger partial charge in [-0.15, -0.1) is 0 Å². The number of piperidine rings is 1. The van der Waals surface area contributed by atoms with Gasteiger partial charge in [0.1, 0.15) is 11.9 Å². The summed E-state index contributed by atoms with van der Waals surface area (Å²) in [6, 6.07) is 30.3. The molecule has 0 unspecified atom stereocenters. The highest BCUT2D eigenvalue weighted by atomic mass is 32.2. The van der Waals surface area contributed by atoms with Crippen LogP contribution in [-0.2, 0) is 32.5 Å². The lowest BCUT2D eigenvalue weighted by atomic mass is 10.0. The molecule has 4 aromatic rings. The molecule has 0 bridgehead atoms. The van der Waals surface area contributed by atoms with Gasteiger partial charge in [0.2, 0.25) is 15.9 Å². The molecule has 0 saturated carbocycles. The predicted molar refractivity (Wildman–Crippen MR) is 179 cm³/mol. The number of carbonyl (C=O) groups is 2. The highest BCUT2D eigenvalue weighted by molar-refractivity contribution is 7.89. The van der Waals surface area contributed by atoms with Crippen molar-refractivity contribution in [2.75, 3.05) is 25.0 Å². The van der Waals surface area contributed by atoms with Gasteiger partial charge >= 0.3 is 6.09 Å². The molecule has 0 spiro atoms. The van der Waals surface area contributed by atoms with Gasteiger partial charge in [0, 0.05) is 29.9 Å². The van der Waals surface area contributed by atoms with E-state index in [1.807, 2.05) is 49.5 Å². The molecule has 11 heteroatoms. The summed E-state index contributed by atoms with van der Waals surface area (Å²) < 4.78 is 29.7. The Kier molecular flexibility index (Phi) is 10.3. The number of carbonyl (C=O) groups excluding carboxylic acids is 2. The Morgan fingerprint density at radius 1 is 0.891 bits per heavy atom. The van der Waals surface area contributed by atoms with E-state index < -0.39 is 16.1 Å². The number of sulfonamides is 1. The standard InChI is InChI=1S/C35H37N5O5S/c1-39-20-18-30(19-21-39)45-35(42)38-34(36)28-9-7-8-26(22-28)24-40(29-10-3-2-4-11-29)33(41)23-25-14-16-27(17-15-25)31-12-5-6-13-32(31)46(37,43)44/h2-17,22,30H,18-21,23-24H2,1H3,(H2,36,38,42)(H2,37,43,44). The molecule has 0 radical (unpaired) electrons. The molecule has 238 valence electrons. The molecule has 0 atom stereocenters. The van der Waals surface area contributed by atoms with Gasteiger partial charge in [-0.2, -0.15) is 4.99 Å². The molecule has 2 amide bonds. The van der Waals surface area contributed by atoms with E-state index in [2.05, 4.69) is 9.89 Å². The first-order valence-corrected chi connectivity index (χ1v) is 16.5. The van der Waals surface area contributed by atoms with Crippen molar-refractivity contribution in [2.45, 2.75) is 36.8 Å². The number of rotatable bonds is 9.